The summed E-state index contributed by atoms with van der Waals surface area (Å²) in [5.74, 6) is 1.90. The van der Waals surface area contributed by atoms with Gasteiger partial charge in [0.1, 0.15) is 23.0 Å². The summed E-state index contributed by atoms with van der Waals surface area (Å²) in [6.07, 6.45) is 0. The van der Waals surface area contributed by atoms with Crippen LogP contribution < -0.4 is 10.1 Å². The maximum absolute atomic E-state index is 6.06. The molecule has 108 valence electrons. The molecule has 0 aliphatic carbocycles. The third-order valence-electron chi connectivity index (χ3n) is 2.86. The fourth-order valence-electron chi connectivity index (χ4n) is 1.88. The van der Waals surface area contributed by atoms with Gasteiger partial charge in [0, 0.05) is 18.1 Å². The van der Waals surface area contributed by atoms with Crippen molar-refractivity contribution in [3.8, 4) is 5.75 Å². The molecule has 0 amide bonds. The van der Waals surface area contributed by atoms with E-state index in [4.69, 9.17) is 27.9 Å². The standard InChI is InChI=1S/C14H11Cl2N3OS/c1-17-13-9-4-5-21-14(9)19-12(18-13)7-20-11-6-8(15)2-3-10(11)16/h2-6H,7H2,1H3,(H,17,18,19). The molecule has 0 bridgehead atoms. The number of anilines is 1. The van der Waals surface area contributed by atoms with Crippen LogP contribution in [0.3, 0.4) is 0 Å². The molecule has 0 unspecified atom stereocenters. The van der Waals surface area contributed by atoms with Crippen molar-refractivity contribution in [2.45, 2.75) is 6.61 Å². The van der Waals surface area contributed by atoms with E-state index in [-0.39, 0.29) is 6.61 Å². The molecule has 0 saturated carbocycles. The highest BCUT2D eigenvalue weighted by molar-refractivity contribution is 7.16. The average molecular weight is 340 g/mol. The second-order valence-corrected chi connectivity index (χ2v) is 5.98. The van der Waals surface area contributed by atoms with Crippen LogP contribution in [0.5, 0.6) is 5.75 Å². The van der Waals surface area contributed by atoms with E-state index in [0.717, 1.165) is 16.0 Å². The number of hydrogen-bond acceptors (Lipinski definition) is 5. The van der Waals surface area contributed by atoms with Crippen molar-refractivity contribution in [2.75, 3.05) is 12.4 Å². The highest BCUT2D eigenvalue weighted by Crippen LogP contribution is 2.29. The molecule has 1 aromatic carbocycles. The first-order valence-corrected chi connectivity index (χ1v) is 7.80. The number of thiophene rings is 1. The zero-order valence-electron chi connectivity index (χ0n) is 11.1. The van der Waals surface area contributed by atoms with E-state index in [1.54, 1.807) is 29.5 Å². The van der Waals surface area contributed by atoms with Gasteiger partial charge in [0.05, 0.1) is 10.4 Å². The second kappa shape index (κ2) is 6.05. The maximum Gasteiger partial charge on any atom is 0.169 e. The Morgan fingerprint density at radius 3 is 2.90 bits per heavy atom. The monoisotopic (exact) mass is 339 g/mol. The molecule has 21 heavy (non-hydrogen) atoms. The zero-order valence-corrected chi connectivity index (χ0v) is 13.4. The normalized spacial score (nSPS) is 10.8. The van der Waals surface area contributed by atoms with Gasteiger partial charge in [0.25, 0.3) is 0 Å². The van der Waals surface area contributed by atoms with Crippen LogP contribution in [-0.2, 0) is 6.61 Å². The lowest BCUT2D eigenvalue weighted by Crippen LogP contribution is -2.04. The van der Waals surface area contributed by atoms with Gasteiger partial charge in [0.15, 0.2) is 5.82 Å². The van der Waals surface area contributed by atoms with E-state index in [1.165, 1.54) is 0 Å². The smallest absolute Gasteiger partial charge is 0.169 e. The third kappa shape index (κ3) is 3.05. The fourth-order valence-corrected chi connectivity index (χ4v) is 3.00. The van der Waals surface area contributed by atoms with Gasteiger partial charge in [-0.05, 0) is 23.6 Å². The van der Waals surface area contributed by atoms with E-state index in [1.807, 2.05) is 18.5 Å². The number of halogens is 2. The van der Waals surface area contributed by atoms with Crippen LogP contribution in [0.25, 0.3) is 10.2 Å². The van der Waals surface area contributed by atoms with E-state index in [2.05, 4.69) is 15.3 Å². The van der Waals surface area contributed by atoms with Gasteiger partial charge in [-0.1, -0.05) is 23.2 Å². The van der Waals surface area contributed by atoms with Crippen LogP contribution >= 0.6 is 34.5 Å². The van der Waals surface area contributed by atoms with E-state index >= 15 is 0 Å². The highest BCUT2D eigenvalue weighted by Gasteiger charge is 2.09. The summed E-state index contributed by atoms with van der Waals surface area (Å²) in [6, 6.07) is 7.07. The number of aromatic nitrogens is 2. The van der Waals surface area contributed by atoms with Crippen LogP contribution in [-0.4, -0.2) is 17.0 Å². The molecule has 3 aromatic rings. The number of fused-ring (bicyclic) bond motifs is 1. The minimum absolute atomic E-state index is 0.225. The van der Waals surface area contributed by atoms with Crippen molar-refractivity contribution in [3.05, 3.63) is 45.5 Å². The first-order valence-electron chi connectivity index (χ1n) is 6.17. The van der Waals surface area contributed by atoms with Gasteiger partial charge in [-0.3, -0.25) is 0 Å². The highest BCUT2D eigenvalue weighted by atomic mass is 35.5. The van der Waals surface area contributed by atoms with Gasteiger partial charge >= 0.3 is 0 Å². The predicted octanol–water partition coefficient (Wildman–Crippen LogP) is 4.62. The van der Waals surface area contributed by atoms with Gasteiger partial charge < -0.3 is 10.1 Å². The molecule has 2 heterocycles. The molecule has 4 nitrogen and oxygen atoms in total. The molecule has 0 atom stereocenters. The van der Waals surface area contributed by atoms with Crippen molar-refractivity contribution in [3.63, 3.8) is 0 Å². The molecular formula is C14H11Cl2N3OS. The molecule has 0 radical (unpaired) electrons. The summed E-state index contributed by atoms with van der Waals surface area (Å²) >= 11 is 13.6. The first kappa shape index (κ1) is 14.4. The van der Waals surface area contributed by atoms with Crippen LogP contribution in [0.1, 0.15) is 5.82 Å². The SMILES string of the molecule is CNc1nc(COc2cc(Cl)ccc2Cl)nc2sccc12. The molecule has 2 aromatic heterocycles. The molecule has 3 rings (SSSR count). The maximum atomic E-state index is 6.06. The lowest BCUT2D eigenvalue weighted by atomic mass is 10.3. The number of ether oxygens (including phenoxy) is 1. The van der Waals surface area contributed by atoms with Crippen molar-refractivity contribution in [1.29, 1.82) is 0 Å². The Bertz CT molecular complexity index is 791. The minimum Gasteiger partial charge on any atom is -0.484 e. The Hall–Kier alpha value is -1.56. The van der Waals surface area contributed by atoms with Gasteiger partial charge in [-0.25, -0.2) is 9.97 Å². The summed E-state index contributed by atoms with van der Waals surface area (Å²) < 4.78 is 5.66. The van der Waals surface area contributed by atoms with E-state index in [0.29, 0.717) is 21.6 Å². The zero-order chi connectivity index (χ0) is 14.8. The molecule has 0 aliphatic rings. The van der Waals surface area contributed by atoms with Crippen molar-refractivity contribution >= 4 is 50.6 Å². The molecule has 0 saturated heterocycles. The van der Waals surface area contributed by atoms with Crippen LogP contribution in [0.4, 0.5) is 5.82 Å². The number of nitrogens with one attached hydrogen (secondary N) is 1. The van der Waals surface area contributed by atoms with Gasteiger partial charge in [-0.2, -0.15) is 0 Å². The third-order valence-corrected chi connectivity index (χ3v) is 4.21. The van der Waals surface area contributed by atoms with Crippen molar-refractivity contribution in [2.24, 2.45) is 0 Å². The van der Waals surface area contributed by atoms with Crippen molar-refractivity contribution in [1.82, 2.24) is 9.97 Å². The molecule has 7 heteroatoms. The molecular weight excluding hydrogens is 329 g/mol. The Morgan fingerprint density at radius 2 is 2.10 bits per heavy atom. The summed E-state index contributed by atoms with van der Waals surface area (Å²) in [5, 5.41) is 7.13. The second-order valence-electron chi connectivity index (χ2n) is 4.24. The largest absolute Gasteiger partial charge is 0.484 e. The fraction of sp³-hybridized carbons (Fsp3) is 0.143. The Balaban J connectivity index is 1.86. The minimum atomic E-state index is 0.225. The lowest BCUT2D eigenvalue weighted by molar-refractivity contribution is 0.297. The van der Waals surface area contributed by atoms with Crippen LogP contribution in [0.15, 0.2) is 29.6 Å². The quantitative estimate of drug-likeness (QED) is 0.753. The molecule has 0 spiro atoms. The van der Waals surface area contributed by atoms with Crippen molar-refractivity contribution < 1.29 is 4.74 Å². The molecule has 0 fully saturated rings. The molecule has 0 aliphatic heterocycles. The predicted molar refractivity (Wildman–Crippen MR) is 87.8 cm³/mol. The average Bonchev–Trinajstić information content (AvgIpc) is 2.95. The summed E-state index contributed by atoms with van der Waals surface area (Å²) in [6.45, 7) is 0.225. The van der Waals surface area contributed by atoms with Crippen LogP contribution in [0.2, 0.25) is 10.0 Å². The summed E-state index contributed by atoms with van der Waals surface area (Å²) in [5.41, 5.74) is 0. The number of nitrogens with zero attached hydrogens (tertiary/aromatic N) is 2. The lowest BCUT2D eigenvalue weighted by Gasteiger charge is -2.09. The topological polar surface area (TPSA) is 47.0 Å². The summed E-state index contributed by atoms with van der Waals surface area (Å²) in [7, 11) is 1.83. The Labute approximate surface area is 135 Å². The Kier molecular flexibility index (Phi) is 4.14. The summed E-state index contributed by atoms with van der Waals surface area (Å²) in [4.78, 5) is 9.84. The van der Waals surface area contributed by atoms with E-state index < -0.39 is 0 Å². The van der Waals surface area contributed by atoms with Gasteiger partial charge in [-0.15, -0.1) is 11.3 Å². The number of rotatable bonds is 4. The van der Waals surface area contributed by atoms with E-state index in [9.17, 15) is 0 Å². The number of benzene rings is 1. The first-order chi connectivity index (χ1) is 10.2. The molecule has 1 N–H and O–H groups in total. The van der Waals surface area contributed by atoms with Gasteiger partial charge in [0.2, 0.25) is 0 Å². The van der Waals surface area contributed by atoms with Crippen LogP contribution in [0, 0.1) is 0 Å². The Morgan fingerprint density at radius 1 is 1.24 bits per heavy atom. The number of hydrogen-bond donors (Lipinski definition) is 1.